The lowest BCUT2D eigenvalue weighted by Crippen LogP contribution is -2.34. The molecule has 0 unspecified atom stereocenters. The number of nitrogens with one attached hydrogen (secondary N) is 1. The zero-order valence-corrected chi connectivity index (χ0v) is 17.9. The topological polar surface area (TPSA) is 94.8 Å². The van der Waals surface area contributed by atoms with Crippen LogP contribution in [0.25, 0.3) is 22.2 Å². The fraction of sp³-hybridized carbons (Fsp3) is 0.292. The predicted molar refractivity (Wildman–Crippen MR) is 121 cm³/mol. The molecule has 0 radical (unpaired) electrons. The van der Waals surface area contributed by atoms with E-state index in [0.29, 0.717) is 11.4 Å². The van der Waals surface area contributed by atoms with E-state index in [2.05, 4.69) is 25.6 Å². The van der Waals surface area contributed by atoms with Gasteiger partial charge in [-0.3, -0.25) is 9.48 Å². The maximum absolute atomic E-state index is 12.8. The quantitative estimate of drug-likeness (QED) is 0.472. The molecule has 1 N–H and O–H groups in total. The number of Topliss-reactive ketones (excluding diaryl/α,β-unsaturated/α-hetero) is 1. The Labute approximate surface area is 185 Å². The number of carbonyl (C=O) groups is 1. The van der Waals surface area contributed by atoms with Gasteiger partial charge in [-0.2, -0.15) is 0 Å². The molecule has 4 aromatic rings. The van der Waals surface area contributed by atoms with Crippen molar-refractivity contribution >= 4 is 16.7 Å². The second kappa shape index (κ2) is 8.84. The number of aromatic nitrogens is 5. The third-order valence-corrected chi connectivity index (χ3v) is 5.61. The normalized spacial score (nSPS) is 14.5. The number of rotatable bonds is 6. The first-order valence-electron chi connectivity index (χ1n) is 10.8. The first-order valence-corrected chi connectivity index (χ1v) is 10.8. The maximum atomic E-state index is 12.8. The van der Waals surface area contributed by atoms with Gasteiger partial charge in [0.05, 0.1) is 18.1 Å². The Morgan fingerprint density at radius 1 is 1.16 bits per heavy atom. The molecule has 0 aliphatic carbocycles. The van der Waals surface area contributed by atoms with Gasteiger partial charge in [-0.25, -0.2) is 9.97 Å². The highest BCUT2D eigenvalue weighted by Gasteiger charge is 2.15. The van der Waals surface area contributed by atoms with Crippen LogP contribution in [0.3, 0.4) is 0 Å². The number of hydrogen-bond acceptors (Lipinski definition) is 7. The van der Waals surface area contributed by atoms with Gasteiger partial charge in [-0.1, -0.05) is 17.3 Å². The Morgan fingerprint density at radius 2 is 1.97 bits per heavy atom. The Morgan fingerprint density at radius 3 is 2.72 bits per heavy atom. The third kappa shape index (κ3) is 4.50. The largest absolute Gasteiger partial charge is 0.490 e. The van der Waals surface area contributed by atoms with Gasteiger partial charge in [0.25, 0.3) is 0 Å². The number of benzene rings is 2. The van der Waals surface area contributed by atoms with Crippen LogP contribution < -0.4 is 10.1 Å². The zero-order valence-electron chi connectivity index (χ0n) is 17.9. The number of ether oxygens (including phenoxy) is 1. The second-order valence-electron chi connectivity index (χ2n) is 8.03. The van der Waals surface area contributed by atoms with Crippen molar-refractivity contribution < 1.29 is 9.53 Å². The number of ketones is 1. The Bertz CT molecular complexity index is 1250. The molecular weight excluding hydrogens is 404 g/mol. The number of nitrogens with zero attached hydrogens (tertiary/aromatic N) is 5. The minimum Gasteiger partial charge on any atom is -0.490 e. The molecule has 1 fully saturated rings. The van der Waals surface area contributed by atoms with Crippen molar-refractivity contribution in [3.63, 3.8) is 0 Å². The van der Waals surface area contributed by atoms with Crippen molar-refractivity contribution in [1.29, 1.82) is 0 Å². The lowest BCUT2D eigenvalue weighted by Gasteiger charge is -2.23. The van der Waals surface area contributed by atoms with Crippen molar-refractivity contribution in [2.45, 2.75) is 25.4 Å². The summed E-state index contributed by atoms with van der Waals surface area (Å²) in [5.41, 5.74) is 3.10. The standard InChI is InChI=1S/C24H24N6O2/c1-30-15-22(28-29-30)17-2-3-18-14-26-24(27-21(18)12-17)13-23(31)16-4-6-19(7-5-16)32-20-8-10-25-11-9-20/h2-7,12,14-15,20,25H,8-11,13H2,1H3. The summed E-state index contributed by atoms with van der Waals surface area (Å²) in [4.78, 5) is 21.8. The van der Waals surface area contributed by atoms with Crippen molar-refractivity contribution in [3.05, 3.63) is 66.2 Å². The van der Waals surface area contributed by atoms with E-state index < -0.39 is 0 Å². The molecule has 0 spiro atoms. The van der Waals surface area contributed by atoms with Crippen LogP contribution in [0.5, 0.6) is 5.75 Å². The van der Waals surface area contributed by atoms with Crippen LogP contribution in [-0.2, 0) is 13.5 Å². The van der Waals surface area contributed by atoms with Crippen LogP contribution in [0.2, 0.25) is 0 Å². The van der Waals surface area contributed by atoms with Gasteiger partial charge in [0.2, 0.25) is 0 Å². The zero-order chi connectivity index (χ0) is 21.9. The minimum atomic E-state index is -0.0251. The first-order chi connectivity index (χ1) is 15.6. The average Bonchev–Trinajstić information content (AvgIpc) is 3.26. The Hall–Kier alpha value is -3.65. The van der Waals surface area contributed by atoms with E-state index in [4.69, 9.17) is 4.74 Å². The summed E-state index contributed by atoms with van der Waals surface area (Å²) < 4.78 is 7.68. The van der Waals surface area contributed by atoms with E-state index in [1.54, 1.807) is 10.9 Å². The minimum absolute atomic E-state index is 0.0251. The summed E-state index contributed by atoms with van der Waals surface area (Å²) in [5, 5.41) is 12.4. The number of aryl methyl sites for hydroxylation is 1. The lowest BCUT2D eigenvalue weighted by atomic mass is 10.1. The molecule has 5 rings (SSSR count). The van der Waals surface area contributed by atoms with Crippen molar-refractivity contribution in [3.8, 4) is 17.0 Å². The fourth-order valence-corrected chi connectivity index (χ4v) is 3.86. The molecule has 162 valence electrons. The number of piperidine rings is 1. The van der Waals surface area contributed by atoms with Crippen LogP contribution >= 0.6 is 0 Å². The van der Waals surface area contributed by atoms with Gasteiger partial charge >= 0.3 is 0 Å². The van der Waals surface area contributed by atoms with Crippen molar-refractivity contribution in [2.24, 2.45) is 7.05 Å². The molecule has 1 aliphatic rings. The summed E-state index contributed by atoms with van der Waals surface area (Å²) in [6.45, 7) is 1.96. The van der Waals surface area contributed by atoms with Gasteiger partial charge in [-0.05, 0) is 56.3 Å². The summed E-state index contributed by atoms with van der Waals surface area (Å²) in [6.07, 6.45) is 5.97. The fourth-order valence-electron chi connectivity index (χ4n) is 3.86. The molecule has 0 saturated carbocycles. The van der Waals surface area contributed by atoms with E-state index in [1.165, 1.54) is 0 Å². The van der Waals surface area contributed by atoms with Crippen LogP contribution in [0.4, 0.5) is 0 Å². The summed E-state index contributed by atoms with van der Waals surface area (Å²) in [6, 6.07) is 13.2. The molecule has 3 heterocycles. The molecule has 1 aliphatic heterocycles. The van der Waals surface area contributed by atoms with E-state index >= 15 is 0 Å². The highest BCUT2D eigenvalue weighted by atomic mass is 16.5. The molecule has 8 heteroatoms. The van der Waals surface area contributed by atoms with Crippen LogP contribution in [0, 0.1) is 0 Å². The highest BCUT2D eigenvalue weighted by molar-refractivity contribution is 5.97. The molecule has 2 aromatic heterocycles. The molecule has 1 saturated heterocycles. The SMILES string of the molecule is Cn1cc(-c2ccc3cnc(CC(=O)c4ccc(OC5CCNCC5)cc4)nc3c2)nn1. The molecular formula is C24H24N6O2. The number of hydrogen-bond donors (Lipinski definition) is 1. The lowest BCUT2D eigenvalue weighted by molar-refractivity contribution is 0.0991. The van der Waals surface area contributed by atoms with Crippen LogP contribution in [0.1, 0.15) is 29.0 Å². The number of carbonyl (C=O) groups excluding carboxylic acids is 1. The highest BCUT2D eigenvalue weighted by Crippen LogP contribution is 2.22. The Balaban J connectivity index is 1.29. The average molecular weight is 428 g/mol. The van der Waals surface area contributed by atoms with Gasteiger partial charge in [-0.15, -0.1) is 5.10 Å². The molecule has 0 bridgehead atoms. The molecule has 2 aromatic carbocycles. The molecule has 32 heavy (non-hydrogen) atoms. The molecule has 8 nitrogen and oxygen atoms in total. The summed E-state index contributed by atoms with van der Waals surface area (Å²) in [5.74, 6) is 1.27. The monoisotopic (exact) mass is 428 g/mol. The van der Waals surface area contributed by atoms with Crippen molar-refractivity contribution in [1.82, 2.24) is 30.3 Å². The van der Waals surface area contributed by atoms with Gasteiger partial charge in [0, 0.05) is 29.8 Å². The smallest absolute Gasteiger partial charge is 0.170 e. The van der Waals surface area contributed by atoms with E-state index in [0.717, 1.165) is 53.8 Å². The molecule has 0 atom stereocenters. The van der Waals surface area contributed by atoms with Crippen molar-refractivity contribution in [2.75, 3.05) is 13.1 Å². The number of fused-ring (bicyclic) bond motifs is 1. The second-order valence-corrected chi connectivity index (χ2v) is 8.03. The predicted octanol–water partition coefficient (Wildman–Crippen LogP) is 2.98. The summed E-state index contributed by atoms with van der Waals surface area (Å²) in [7, 11) is 1.83. The van der Waals surface area contributed by atoms with E-state index in [9.17, 15) is 4.79 Å². The Kier molecular flexibility index (Phi) is 5.60. The van der Waals surface area contributed by atoms with E-state index in [1.807, 2.05) is 55.7 Å². The van der Waals surface area contributed by atoms with Crippen LogP contribution in [-0.4, -0.2) is 49.9 Å². The van der Waals surface area contributed by atoms with E-state index in [-0.39, 0.29) is 18.3 Å². The van der Waals surface area contributed by atoms with Gasteiger partial charge < -0.3 is 10.1 Å². The first kappa shape index (κ1) is 20.3. The van der Waals surface area contributed by atoms with Gasteiger partial charge in [0.15, 0.2) is 5.78 Å². The summed E-state index contributed by atoms with van der Waals surface area (Å²) >= 11 is 0. The maximum Gasteiger partial charge on any atom is 0.170 e. The third-order valence-electron chi connectivity index (χ3n) is 5.61. The van der Waals surface area contributed by atoms with Crippen LogP contribution in [0.15, 0.2) is 54.9 Å². The van der Waals surface area contributed by atoms with Gasteiger partial charge in [0.1, 0.15) is 23.4 Å². The molecule has 0 amide bonds.